The highest BCUT2D eigenvalue weighted by atomic mass is 16.3. The van der Waals surface area contributed by atoms with Gasteiger partial charge in [-0.15, -0.1) is 0 Å². The molecule has 0 aromatic carbocycles. The molecule has 2 heterocycles. The number of furan rings is 1. The van der Waals surface area contributed by atoms with E-state index in [4.69, 9.17) is 4.42 Å². The maximum atomic E-state index is 5.55. The normalized spacial score (nSPS) is 11.1. The number of aromatic nitrogens is 1. The number of nitrogens with zero attached hydrogens (tertiary/aromatic N) is 2. The summed E-state index contributed by atoms with van der Waals surface area (Å²) in [6.45, 7) is 2.70. The Balaban J connectivity index is 1.84. The molecule has 0 aliphatic heterocycles. The van der Waals surface area contributed by atoms with E-state index in [1.54, 1.807) is 6.26 Å². The maximum absolute atomic E-state index is 5.55. The second kappa shape index (κ2) is 7.07. The van der Waals surface area contributed by atoms with Gasteiger partial charge in [-0.05, 0) is 44.3 Å². The van der Waals surface area contributed by atoms with Gasteiger partial charge in [-0.3, -0.25) is 9.88 Å². The summed E-state index contributed by atoms with van der Waals surface area (Å²) in [5.41, 5.74) is 2.55. The minimum atomic E-state index is 0.842. The zero-order valence-corrected chi connectivity index (χ0v) is 11.6. The average Bonchev–Trinajstić information content (AvgIpc) is 2.85. The molecule has 0 amide bonds. The van der Waals surface area contributed by atoms with E-state index in [9.17, 15) is 0 Å². The van der Waals surface area contributed by atoms with Crippen LogP contribution in [0.25, 0.3) is 0 Å². The Hall–Kier alpha value is -1.65. The fraction of sp³-hybridized carbons (Fsp3) is 0.400. The molecule has 0 bridgehead atoms. The lowest BCUT2D eigenvalue weighted by atomic mass is 10.2. The first-order chi connectivity index (χ1) is 9.29. The molecule has 4 heteroatoms. The fourth-order valence-corrected chi connectivity index (χ4v) is 2.05. The SMILES string of the molecule is CNCc1ccoc1CN(C)CCc1ccncc1. The monoisotopic (exact) mass is 259 g/mol. The van der Waals surface area contributed by atoms with Crippen LogP contribution in [0.1, 0.15) is 16.9 Å². The lowest BCUT2D eigenvalue weighted by molar-refractivity contribution is 0.296. The van der Waals surface area contributed by atoms with E-state index >= 15 is 0 Å². The van der Waals surface area contributed by atoms with E-state index in [1.165, 1.54) is 11.1 Å². The van der Waals surface area contributed by atoms with Crippen molar-refractivity contribution in [2.45, 2.75) is 19.5 Å². The van der Waals surface area contributed by atoms with Gasteiger partial charge in [0.2, 0.25) is 0 Å². The summed E-state index contributed by atoms with van der Waals surface area (Å²) in [5.74, 6) is 1.05. The zero-order chi connectivity index (χ0) is 13.5. The van der Waals surface area contributed by atoms with Crippen LogP contribution in [0.15, 0.2) is 41.3 Å². The molecule has 102 valence electrons. The second-order valence-corrected chi connectivity index (χ2v) is 4.74. The van der Waals surface area contributed by atoms with E-state index in [-0.39, 0.29) is 0 Å². The second-order valence-electron chi connectivity index (χ2n) is 4.74. The Morgan fingerprint density at radius 3 is 2.79 bits per heavy atom. The largest absolute Gasteiger partial charge is 0.468 e. The number of hydrogen-bond donors (Lipinski definition) is 1. The Kier molecular flexibility index (Phi) is 5.12. The summed E-state index contributed by atoms with van der Waals surface area (Å²) in [6, 6.07) is 6.16. The summed E-state index contributed by atoms with van der Waals surface area (Å²) in [5, 5.41) is 3.16. The van der Waals surface area contributed by atoms with Gasteiger partial charge in [0.15, 0.2) is 0 Å². The summed E-state index contributed by atoms with van der Waals surface area (Å²) >= 11 is 0. The predicted molar refractivity (Wildman–Crippen MR) is 75.7 cm³/mol. The topological polar surface area (TPSA) is 41.3 Å². The van der Waals surface area contributed by atoms with Crippen LogP contribution in [0, 0.1) is 0 Å². The molecule has 0 saturated carbocycles. The van der Waals surface area contributed by atoms with Crippen LogP contribution in [0.4, 0.5) is 0 Å². The van der Waals surface area contributed by atoms with Crippen LogP contribution in [0.5, 0.6) is 0 Å². The van der Waals surface area contributed by atoms with Crippen molar-refractivity contribution in [2.75, 3.05) is 20.6 Å². The molecule has 4 nitrogen and oxygen atoms in total. The smallest absolute Gasteiger partial charge is 0.122 e. The summed E-state index contributed by atoms with van der Waals surface area (Å²) in [7, 11) is 4.07. The van der Waals surface area contributed by atoms with Gasteiger partial charge >= 0.3 is 0 Å². The zero-order valence-electron chi connectivity index (χ0n) is 11.6. The van der Waals surface area contributed by atoms with Gasteiger partial charge in [-0.2, -0.15) is 0 Å². The highest BCUT2D eigenvalue weighted by molar-refractivity contribution is 5.16. The van der Waals surface area contributed by atoms with Gasteiger partial charge in [0.1, 0.15) is 5.76 Å². The number of hydrogen-bond acceptors (Lipinski definition) is 4. The molecule has 0 aliphatic rings. The van der Waals surface area contributed by atoms with Crippen molar-refractivity contribution in [3.8, 4) is 0 Å². The summed E-state index contributed by atoms with van der Waals surface area (Å²) in [4.78, 5) is 6.31. The van der Waals surface area contributed by atoms with E-state index < -0.39 is 0 Å². The predicted octanol–water partition coefficient (Wildman–Crippen LogP) is 2.07. The molecule has 0 radical (unpaired) electrons. The first-order valence-electron chi connectivity index (χ1n) is 6.57. The van der Waals surface area contributed by atoms with Crippen molar-refractivity contribution in [1.82, 2.24) is 15.2 Å². The minimum Gasteiger partial charge on any atom is -0.468 e. The molecule has 2 aromatic heterocycles. The lowest BCUT2D eigenvalue weighted by Crippen LogP contribution is -2.21. The molecule has 0 spiro atoms. The molecule has 19 heavy (non-hydrogen) atoms. The number of rotatable bonds is 7. The molecule has 0 unspecified atom stereocenters. The van der Waals surface area contributed by atoms with Crippen molar-refractivity contribution in [1.29, 1.82) is 0 Å². The maximum Gasteiger partial charge on any atom is 0.122 e. The Morgan fingerprint density at radius 2 is 2.05 bits per heavy atom. The van der Waals surface area contributed by atoms with E-state index in [0.29, 0.717) is 0 Å². The third kappa shape index (κ3) is 4.19. The summed E-state index contributed by atoms with van der Waals surface area (Å²) < 4.78 is 5.55. The van der Waals surface area contributed by atoms with Crippen molar-refractivity contribution < 1.29 is 4.42 Å². The third-order valence-corrected chi connectivity index (χ3v) is 3.15. The van der Waals surface area contributed by atoms with Crippen LogP contribution in [0.3, 0.4) is 0 Å². The van der Waals surface area contributed by atoms with E-state index in [1.807, 2.05) is 25.5 Å². The number of likely N-dealkylation sites (N-methyl/N-ethyl adjacent to an activating group) is 1. The van der Waals surface area contributed by atoms with Crippen molar-refractivity contribution in [2.24, 2.45) is 0 Å². The van der Waals surface area contributed by atoms with Gasteiger partial charge < -0.3 is 9.73 Å². The van der Waals surface area contributed by atoms with Gasteiger partial charge in [-0.25, -0.2) is 0 Å². The van der Waals surface area contributed by atoms with Crippen molar-refractivity contribution >= 4 is 0 Å². The number of pyridine rings is 1. The molecule has 0 aliphatic carbocycles. The van der Waals surface area contributed by atoms with Gasteiger partial charge in [-0.1, -0.05) is 0 Å². The molecular weight excluding hydrogens is 238 g/mol. The van der Waals surface area contributed by atoms with Crippen LogP contribution >= 0.6 is 0 Å². The average molecular weight is 259 g/mol. The van der Waals surface area contributed by atoms with Crippen molar-refractivity contribution in [3.63, 3.8) is 0 Å². The standard InChI is InChI=1S/C15H21N3O/c1-16-11-14-6-10-19-15(14)12-18(2)9-5-13-3-7-17-8-4-13/h3-4,6-8,10,16H,5,9,11-12H2,1-2H3. The first kappa shape index (κ1) is 13.8. The van der Waals surface area contributed by atoms with Crippen LogP contribution in [-0.4, -0.2) is 30.5 Å². The van der Waals surface area contributed by atoms with Crippen LogP contribution in [-0.2, 0) is 19.5 Å². The molecule has 0 saturated heterocycles. The lowest BCUT2D eigenvalue weighted by Gasteiger charge is -2.16. The molecule has 2 rings (SSSR count). The van der Waals surface area contributed by atoms with E-state index in [2.05, 4.69) is 34.4 Å². The highest BCUT2D eigenvalue weighted by Crippen LogP contribution is 2.12. The Bertz CT molecular complexity index is 481. The molecule has 2 aromatic rings. The summed E-state index contributed by atoms with van der Waals surface area (Å²) in [6.07, 6.45) is 6.47. The highest BCUT2D eigenvalue weighted by Gasteiger charge is 2.08. The molecule has 1 N–H and O–H groups in total. The molecule has 0 atom stereocenters. The molecular formula is C15H21N3O. The minimum absolute atomic E-state index is 0.842. The van der Waals surface area contributed by atoms with Crippen molar-refractivity contribution in [3.05, 3.63) is 53.7 Å². The van der Waals surface area contributed by atoms with E-state index in [0.717, 1.165) is 31.8 Å². The quantitative estimate of drug-likeness (QED) is 0.826. The van der Waals surface area contributed by atoms with Gasteiger partial charge in [0.05, 0.1) is 12.8 Å². The number of nitrogens with one attached hydrogen (secondary N) is 1. The van der Waals surface area contributed by atoms with Gasteiger partial charge in [0, 0.05) is 31.0 Å². The Labute approximate surface area is 114 Å². The van der Waals surface area contributed by atoms with Crippen LogP contribution < -0.4 is 5.32 Å². The third-order valence-electron chi connectivity index (χ3n) is 3.15. The van der Waals surface area contributed by atoms with Crippen LogP contribution in [0.2, 0.25) is 0 Å². The fourth-order valence-electron chi connectivity index (χ4n) is 2.05. The molecule has 0 fully saturated rings. The Morgan fingerprint density at radius 1 is 1.26 bits per heavy atom. The first-order valence-corrected chi connectivity index (χ1v) is 6.57. The van der Waals surface area contributed by atoms with Gasteiger partial charge in [0.25, 0.3) is 0 Å².